The molecule has 0 aromatic carbocycles. The number of primary amides is 1. The molecule has 1 atom stereocenters. The summed E-state index contributed by atoms with van der Waals surface area (Å²) in [5.41, 5.74) is 5.98. The second-order valence-corrected chi connectivity index (χ2v) is 5.10. The molecule has 0 aliphatic carbocycles. The number of carbonyl (C=O) groups is 1. The Kier molecular flexibility index (Phi) is 4.76. The van der Waals surface area contributed by atoms with Crippen LogP contribution in [0.4, 0.5) is 10.5 Å². The first-order valence-corrected chi connectivity index (χ1v) is 6.73. The second-order valence-electron chi connectivity index (χ2n) is 4.19. The maximum absolute atomic E-state index is 10.7. The number of morpholine rings is 1. The van der Waals surface area contributed by atoms with E-state index in [1.54, 1.807) is 6.20 Å². The van der Waals surface area contributed by atoms with Gasteiger partial charge in [-0.1, -0.05) is 0 Å². The molecule has 0 saturated carbocycles. The Balaban J connectivity index is 2.25. The highest BCUT2D eigenvalue weighted by molar-refractivity contribution is 9.10. The van der Waals surface area contributed by atoms with Crippen LogP contribution in [0.5, 0.6) is 0 Å². The number of rotatable bonds is 3. The summed E-state index contributed by atoms with van der Waals surface area (Å²) in [5.74, 6) is 0. The summed E-state index contributed by atoms with van der Waals surface area (Å²) in [6.45, 7) is 1.61. The van der Waals surface area contributed by atoms with Crippen molar-refractivity contribution in [2.45, 2.75) is 6.04 Å². The van der Waals surface area contributed by atoms with Crippen LogP contribution in [-0.2, 0) is 9.47 Å². The average molecular weight is 341 g/mol. The number of nitriles is 1. The largest absolute Gasteiger partial charge is 0.447 e. The number of aromatic nitrogens is 1. The van der Waals surface area contributed by atoms with Gasteiger partial charge in [0, 0.05) is 17.2 Å². The molecule has 1 saturated heterocycles. The molecule has 7 nitrogen and oxygen atoms in total. The standard InChI is InChI=1S/C12H13BrN4O3/c13-8-3-11(10(4-14)16-5-8)17-1-2-19-6-9(17)7-20-12(15)18/h3,5,9H,1-2,6-7H2,(H2,15,18). The molecule has 1 amide bonds. The lowest BCUT2D eigenvalue weighted by Gasteiger charge is -2.37. The van der Waals surface area contributed by atoms with Crippen LogP contribution in [0.1, 0.15) is 5.69 Å². The Labute approximate surface area is 124 Å². The third-order valence-electron chi connectivity index (χ3n) is 2.90. The smallest absolute Gasteiger partial charge is 0.404 e. The molecule has 2 rings (SSSR count). The number of amides is 1. The minimum Gasteiger partial charge on any atom is -0.447 e. The number of anilines is 1. The lowest BCUT2D eigenvalue weighted by molar-refractivity contribution is 0.0648. The van der Waals surface area contributed by atoms with Crippen molar-refractivity contribution in [2.24, 2.45) is 5.73 Å². The van der Waals surface area contributed by atoms with Gasteiger partial charge in [-0.2, -0.15) is 5.26 Å². The van der Waals surface area contributed by atoms with Crippen molar-refractivity contribution < 1.29 is 14.3 Å². The SMILES string of the molecule is N#Cc1ncc(Br)cc1N1CCOCC1COC(N)=O. The summed E-state index contributed by atoms with van der Waals surface area (Å²) in [7, 11) is 0. The third-order valence-corrected chi connectivity index (χ3v) is 3.33. The molecule has 20 heavy (non-hydrogen) atoms. The lowest BCUT2D eigenvalue weighted by atomic mass is 10.2. The summed E-state index contributed by atoms with van der Waals surface area (Å²) in [5, 5.41) is 9.15. The molecule has 1 aliphatic heterocycles. The Hall–Kier alpha value is -1.85. The number of hydrogen-bond donors (Lipinski definition) is 1. The zero-order chi connectivity index (χ0) is 14.5. The highest BCUT2D eigenvalue weighted by Crippen LogP contribution is 2.26. The third kappa shape index (κ3) is 3.37. The van der Waals surface area contributed by atoms with Crippen LogP contribution in [0, 0.1) is 11.3 Å². The van der Waals surface area contributed by atoms with Gasteiger partial charge >= 0.3 is 6.09 Å². The van der Waals surface area contributed by atoms with E-state index < -0.39 is 6.09 Å². The van der Waals surface area contributed by atoms with Crippen LogP contribution < -0.4 is 10.6 Å². The number of hydrogen-bond acceptors (Lipinski definition) is 6. The molecule has 0 bridgehead atoms. The van der Waals surface area contributed by atoms with E-state index in [9.17, 15) is 4.79 Å². The topological polar surface area (TPSA) is 101 Å². The number of carbonyl (C=O) groups excluding carboxylic acids is 1. The summed E-state index contributed by atoms with van der Waals surface area (Å²) in [6.07, 6.45) is 0.737. The summed E-state index contributed by atoms with van der Waals surface area (Å²) >= 11 is 3.34. The van der Waals surface area contributed by atoms with Crippen molar-refractivity contribution in [3.63, 3.8) is 0 Å². The van der Waals surface area contributed by atoms with Crippen LogP contribution in [0.3, 0.4) is 0 Å². The Morgan fingerprint density at radius 1 is 1.75 bits per heavy atom. The minimum atomic E-state index is -0.830. The van der Waals surface area contributed by atoms with Crippen molar-refractivity contribution in [3.05, 3.63) is 22.4 Å². The molecule has 1 aromatic rings. The highest BCUT2D eigenvalue weighted by atomic mass is 79.9. The van der Waals surface area contributed by atoms with Crippen LogP contribution in [-0.4, -0.2) is 43.5 Å². The molecule has 0 spiro atoms. The first-order chi connectivity index (χ1) is 9.61. The van der Waals surface area contributed by atoms with Gasteiger partial charge in [0.2, 0.25) is 0 Å². The molecule has 1 fully saturated rings. The fourth-order valence-corrected chi connectivity index (χ4v) is 2.34. The van der Waals surface area contributed by atoms with E-state index in [-0.39, 0.29) is 12.6 Å². The summed E-state index contributed by atoms with van der Waals surface area (Å²) < 4.78 is 11.0. The minimum absolute atomic E-state index is 0.104. The maximum Gasteiger partial charge on any atom is 0.404 e. The molecule has 106 valence electrons. The Bertz CT molecular complexity index is 546. The number of nitrogens with zero attached hydrogens (tertiary/aromatic N) is 3. The Morgan fingerprint density at radius 3 is 3.25 bits per heavy atom. The zero-order valence-corrected chi connectivity index (χ0v) is 12.2. The van der Waals surface area contributed by atoms with E-state index >= 15 is 0 Å². The van der Waals surface area contributed by atoms with Gasteiger partial charge in [0.1, 0.15) is 12.7 Å². The van der Waals surface area contributed by atoms with E-state index in [1.807, 2.05) is 11.0 Å². The molecule has 1 aliphatic rings. The van der Waals surface area contributed by atoms with E-state index in [2.05, 4.69) is 27.0 Å². The van der Waals surface area contributed by atoms with Gasteiger partial charge in [0.05, 0.1) is 24.9 Å². The maximum atomic E-state index is 10.7. The number of ether oxygens (including phenoxy) is 2. The molecule has 2 N–H and O–H groups in total. The lowest BCUT2D eigenvalue weighted by Crippen LogP contribution is -2.49. The average Bonchev–Trinajstić information content (AvgIpc) is 2.45. The number of halogens is 1. The Morgan fingerprint density at radius 2 is 2.55 bits per heavy atom. The first kappa shape index (κ1) is 14.6. The van der Waals surface area contributed by atoms with Gasteiger partial charge in [-0.3, -0.25) is 0 Å². The van der Waals surface area contributed by atoms with E-state index in [0.717, 1.165) is 4.47 Å². The van der Waals surface area contributed by atoms with Crippen molar-refractivity contribution >= 4 is 27.7 Å². The first-order valence-electron chi connectivity index (χ1n) is 5.94. The monoisotopic (exact) mass is 340 g/mol. The predicted octanol–water partition coefficient (Wildman–Crippen LogP) is 1.02. The zero-order valence-electron chi connectivity index (χ0n) is 10.6. The van der Waals surface area contributed by atoms with Crippen LogP contribution in [0.2, 0.25) is 0 Å². The van der Waals surface area contributed by atoms with E-state index in [1.165, 1.54) is 0 Å². The summed E-state index contributed by atoms with van der Waals surface area (Å²) in [4.78, 5) is 16.8. The van der Waals surface area contributed by atoms with Gasteiger partial charge < -0.3 is 20.1 Å². The van der Waals surface area contributed by atoms with Gasteiger partial charge in [-0.15, -0.1) is 0 Å². The molecule has 0 radical (unpaired) electrons. The molecular weight excluding hydrogens is 328 g/mol. The van der Waals surface area contributed by atoms with Crippen molar-refractivity contribution in [1.29, 1.82) is 5.26 Å². The fraction of sp³-hybridized carbons (Fsp3) is 0.417. The van der Waals surface area contributed by atoms with Crippen LogP contribution in [0.15, 0.2) is 16.7 Å². The predicted molar refractivity (Wildman–Crippen MR) is 74.1 cm³/mol. The van der Waals surface area contributed by atoms with Gasteiger partial charge in [0.15, 0.2) is 5.69 Å². The van der Waals surface area contributed by atoms with Gasteiger partial charge in [-0.05, 0) is 22.0 Å². The van der Waals surface area contributed by atoms with Crippen molar-refractivity contribution in [1.82, 2.24) is 4.98 Å². The van der Waals surface area contributed by atoms with E-state index in [0.29, 0.717) is 31.1 Å². The van der Waals surface area contributed by atoms with Crippen molar-refractivity contribution in [2.75, 3.05) is 31.3 Å². The number of pyridine rings is 1. The van der Waals surface area contributed by atoms with Crippen LogP contribution >= 0.6 is 15.9 Å². The molecule has 1 aromatic heterocycles. The van der Waals surface area contributed by atoms with Gasteiger partial charge in [-0.25, -0.2) is 9.78 Å². The molecule has 2 heterocycles. The molecular formula is C12H13BrN4O3. The number of nitrogens with two attached hydrogens (primary N) is 1. The molecule has 8 heteroatoms. The normalized spacial score (nSPS) is 18.4. The van der Waals surface area contributed by atoms with Crippen molar-refractivity contribution in [3.8, 4) is 6.07 Å². The fourth-order valence-electron chi connectivity index (χ4n) is 2.02. The second kappa shape index (κ2) is 6.54. The quantitative estimate of drug-likeness (QED) is 0.881. The summed E-state index contributed by atoms with van der Waals surface area (Å²) in [6, 6.07) is 3.68. The molecule has 1 unspecified atom stereocenters. The van der Waals surface area contributed by atoms with Crippen LogP contribution in [0.25, 0.3) is 0 Å². The highest BCUT2D eigenvalue weighted by Gasteiger charge is 2.27. The van der Waals surface area contributed by atoms with E-state index in [4.69, 9.17) is 20.5 Å². The van der Waals surface area contributed by atoms with Gasteiger partial charge in [0.25, 0.3) is 0 Å².